The number of esters is 1. The summed E-state index contributed by atoms with van der Waals surface area (Å²) in [6, 6.07) is 12.4. The van der Waals surface area contributed by atoms with E-state index in [1.807, 2.05) is 30.3 Å². The van der Waals surface area contributed by atoms with Gasteiger partial charge in [-0.15, -0.1) is 0 Å². The average molecular weight is 388 g/mol. The van der Waals surface area contributed by atoms with Crippen LogP contribution < -0.4 is 5.73 Å². The topological polar surface area (TPSA) is 89.7 Å². The number of sulfonamides is 1. The lowest BCUT2D eigenvalue weighted by atomic mass is 9.95. The largest absolute Gasteiger partial charge is 0.465 e. The smallest absolute Gasteiger partial charge is 0.337 e. The molecule has 0 spiro atoms. The molecule has 1 heterocycles. The zero-order valence-electron chi connectivity index (χ0n) is 15.7. The lowest BCUT2D eigenvalue weighted by Gasteiger charge is -2.19. The summed E-state index contributed by atoms with van der Waals surface area (Å²) < 4.78 is 32.8. The first kappa shape index (κ1) is 19.5. The van der Waals surface area contributed by atoms with E-state index >= 15 is 0 Å². The molecule has 0 aliphatic carbocycles. The van der Waals surface area contributed by atoms with E-state index in [-0.39, 0.29) is 29.0 Å². The maximum atomic E-state index is 13.3. The number of aryl methyl sites for hydroxylation is 1. The summed E-state index contributed by atoms with van der Waals surface area (Å²) in [4.78, 5) is 12.0. The first-order valence-electron chi connectivity index (χ1n) is 8.76. The molecule has 27 heavy (non-hydrogen) atoms. The lowest BCUT2D eigenvalue weighted by Crippen LogP contribution is -2.32. The molecular formula is C20H24N2O4S. The van der Waals surface area contributed by atoms with Crippen LogP contribution in [0.5, 0.6) is 0 Å². The van der Waals surface area contributed by atoms with Gasteiger partial charge in [-0.05, 0) is 42.7 Å². The van der Waals surface area contributed by atoms with Crippen LogP contribution in [0.25, 0.3) is 0 Å². The number of nitrogens with zero attached hydrogens (tertiary/aromatic N) is 1. The molecule has 2 aromatic carbocycles. The molecule has 1 aliphatic rings. The van der Waals surface area contributed by atoms with Crippen LogP contribution in [0.2, 0.25) is 0 Å². The third-order valence-electron chi connectivity index (χ3n) is 5.22. The van der Waals surface area contributed by atoms with E-state index in [1.54, 1.807) is 19.9 Å². The first-order valence-corrected chi connectivity index (χ1v) is 10.2. The van der Waals surface area contributed by atoms with Crippen LogP contribution >= 0.6 is 0 Å². The third kappa shape index (κ3) is 3.63. The molecule has 0 saturated carbocycles. The fourth-order valence-electron chi connectivity index (χ4n) is 3.51. The highest BCUT2D eigenvalue weighted by atomic mass is 32.2. The maximum Gasteiger partial charge on any atom is 0.337 e. The molecule has 144 valence electrons. The van der Waals surface area contributed by atoms with Crippen molar-refractivity contribution in [2.75, 3.05) is 20.2 Å². The van der Waals surface area contributed by atoms with Crippen molar-refractivity contribution in [3.05, 3.63) is 64.7 Å². The summed E-state index contributed by atoms with van der Waals surface area (Å²) in [5.74, 6) is -0.624. The third-order valence-corrected chi connectivity index (χ3v) is 7.18. The Morgan fingerprint density at radius 2 is 1.81 bits per heavy atom. The molecule has 0 radical (unpaired) electrons. The Morgan fingerprint density at radius 1 is 1.15 bits per heavy atom. The zero-order chi connectivity index (χ0) is 19.8. The van der Waals surface area contributed by atoms with Crippen LogP contribution in [0.4, 0.5) is 0 Å². The summed E-state index contributed by atoms with van der Waals surface area (Å²) in [6.45, 7) is 4.08. The minimum absolute atomic E-state index is 0.0637. The molecule has 2 N–H and O–H groups in total. The molecule has 0 amide bonds. The predicted molar refractivity (Wildman–Crippen MR) is 103 cm³/mol. The molecule has 2 atom stereocenters. The first-order chi connectivity index (χ1) is 12.8. The summed E-state index contributed by atoms with van der Waals surface area (Å²) >= 11 is 0. The van der Waals surface area contributed by atoms with Crippen molar-refractivity contribution < 1.29 is 17.9 Å². The van der Waals surface area contributed by atoms with Gasteiger partial charge in [0.25, 0.3) is 0 Å². The fraction of sp³-hybridized carbons (Fsp3) is 0.350. The van der Waals surface area contributed by atoms with E-state index in [2.05, 4.69) is 0 Å². The number of nitrogens with two attached hydrogens (primary N) is 1. The van der Waals surface area contributed by atoms with Crippen molar-refractivity contribution in [2.45, 2.75) is 30.7 Å². The minimum atomic E-state index is -3.78. The van der Waals surface area contributed by atoms with E-state index in [0.717, 1.165) is 11.1 Å². The van der Waals surface area contributed by atoms with Gasteiger partial charge in [-0.2, -0.15) is 4.31 Å². The van der Waals surface area contributed by atoms with Gasteiger partial charge in [0, 0.05) is 25.0 Å². The van der Waals surface area contributed by atoms with Crippen LogP contribution in [0.15, 0.2) is 47.4 Å². The van der Waals surface area contributed by atoms with Gasteiger partial charge in [-0.3, -0.25) is 0 Å². The van der Waals surface area contributed by atoms with Crippen molar-refractivity contribution in [3.8, 4) is 0 Å². The molecule has 0 bridgehead atoms. The van der Waals surface area contributed by atoms with Gasteiger partial charge in [-0.1, -0.05) is 30.3 Å². The Labute approximate surface area is 160 Å². The molecule has 7 heteroatoms. The van der Waals surface area contributed by atoms with Gasteiger partial charge in [-0.25, -0.2) is 13.2 Å². The predicted octanol–water partition coefficient (Wildman–Crippen LogP) is 2.21. The Morgan fingerprint density at radius 3 is 2.44 bits per heavy atom. The number of carbonyl (C=O) groups excluding carboxylic acids is 1. The molecule has 1 saturated heterocycles. The van der Waals surface area contributed by atoms with Crippen molar-refractivity contribution in [1.29, 1.82) is 0 Å². The van der Waals surface area contributed by atoms with Crippen LogP contribution in [-0.2, 0) is 14.8 Å². The average Bonchev–Trinajstić information content (AvgIpc) is 3.06. The summed E-state index contributed by atoms with van der Waals surface area (Å²) in [7, 11) is -2.51. The maximum absolute atomic E-state index is 13.3. The highest BCUT2D eigenvalue weighted by molar-refractivity contribution is 7.89. The van der Waals surface area contributed by atoms with E-state index < -0.39 is 16.0 Å². The Balaban J connectivity index is 1.98. The van der Waals surface area contributed by atoms with Crippen molar-refractivity contribution in [3.63, 3.8) is 0 Å². The molecule has 0 aromatic heterocycles. The van der Waals surface area contributed by atoms with E-state index in [4.69, 9.17) is 10.5 Å². The van der Waals surface area contributed by atoms with Gasteiger partial charge in [0.2, 0.25) is 10.0 Å². The van der Waals surface area contributed by atoms with Crippen LogP contribution in [-0.4, -0.2) is 44.9 Å². The number of carbonyl (C=O) groups is 1. The van der Waals surface area contributed by atoms with Gasteiger partial charge < -0.3 is 10.5 Å². The number of rotatable bonds is 4. The summed E-state index contributed by atoms with van der Waals surface area (Å²) in [5.41, 5.74) is 8.86. The minimum Gasteiger partial charge on any atom is -0.465 e. The molecule has 1 aliphatic heterocycles. The molecule has 1 fully saturated rings. The van der Waals surface area contributed by atoms with Crippen LogP contribution in [0.1, 0.15) is 33.0 Å². The monoisotopic (exact) mass is 388 g/mol. The van der Waals surface area contributed by atoms with Gasteiger partial charge in [0.05, 0.1) is 17.6 Å². The highest BCUT2D eigenvalue weighted by Gasteiger charge is 2.39. The number of hydrogen-bond donors (Lipinski definition) is 1. The van der Waals surface area contributed by atoms with E-state index in [9.17, 15) is 13.2 Å². The number of benzene rings is 2. The number of methoxy groups -OCH3 is 1. The van der Waals surface area contributed by atoms with Crippen LogP contribution in [0, 0.1) is 13.8 Å². The fourth-order valence-corrected chi connectivity index (χ4v) is 5.34. The van der Waals surface area contributed by atoms with Crippen molar-refractivity contribution >= 4 is 16.0 Å². The number of hydrogen-bond acceptors (Lipinski definition) is 5. The molecule has 6 nitrogen and oxygen atoms in total. The van der Waals surface area contributed by atoms with Crippen LogP contribution in [0.3, 0.4) is 0 Å². The quantitative estimate of drug-likeness (QED) is 0.811. The Kier molecular flexibility index (Phi) is 5.37. The normalized spacial score (nSPS) is 20.6. The molecule has 2 aromatic rings. The Bertz CT molecular complexity index is 957. The molecule has 0 unspecified atom stereocenters. The Hall–Kier alpha value is -2.22. The second kappa shape index (κ2) is 7.42. The number of ether oxygens (including phenoxy) is 1. The van der Waals surface area contributed by atoms with Crippen molar-refractivity contribution in [1.82, 2.24) is 4.31 Å². The van der Waals surface area contributed by atoms with Gasteiger partial charge in [0.1, 0.15) is 0 Å². The van der Waals surface area contributed by atoms with E-state index in [1.165, 1.54) is 17.5 Å². The summed E-state index contributed by atoms with van der Waals surface area (Å²) in [5, 5.41) is 0. The second-order valence-corrected chi connectivity index (χ2v) is 8.82. The highest BCUT2D eigenvalue weighted by Crippen LogP contribution is 2.32. The zero-order valence-corrected chi connectivity index (χ0v) is 16.5. The molecular weight excluding hydrogens is 364 g/mol. The van der Waals surface area contributed by atoms with Gasteiger partial charge in [0.15, 0.2) is 0 Å². The van der Waals surface area contributed by atoms with Crippen molar-refractivity contribution in [2.24, 2.45) is 5.73 Å². The van der Waals surface area contributed by atoms with E-state index in [0.29, 0.717) is 12.1 Å². The SMILES string of the molecule is COC(=O)c1cc(C)c(C)c(S(=O)(=O)N2C[C@@H](N)[C@H](c3ccccc3)C2)c1. The van der Waals surface area contributed by atoms with Gasteiger partial charge >= 0.3 is 5.97 Å². The summed E-state index contributed by atoms with van der Waals surface area (Å²) in [6.07, 6.45) is 0. The molecule has 3 rings (SSSR count). The standard InChI is InChI=1S/C20H24N2O4S/c1-13-9-16(20(23)26-3)10-19(14(13)2)27(24,25)22-11-17(18(21)12-22)15-7-5-4-6-8-15/h4-10,17-18H,11-12,21H2,1-3H3/t17-,18+/m0/s1. The second-order valence-electron chi connectivity index (χ2n) is 6.91. The lowest BCUT2D eigenvalue weighted by molar-refractivity contribution is 0.0600.